The van der Waals surface area contributed by atoms with Crippen LogP contribution in [0, 0.1) is 0 Å². The van der Waals surface area contributed by atoms with E-state index in [-0.39, 0.29) is 6.10 Å². The maximum absolute atomic E-state index is 10.2. The van der Waals surface area contributed by atoms with E-state index >= 15 is 0 Å². The second-order valence-corrected chi connectivity index (χ2v) is 5.11. The molecule has 0 bridgehead atoms. The lowest BCUT2D eigenvalue weighted by Crippen LogP contribution is -2.63. The predicted octanol–water partition coefficient (Wildman–Crippen LogP) is 0.649. The predicted molar refractivity (Wildman–Crippen MR) is 55.8 cm³/mol. The third kappa shape index (κ3) is 1.67. The average Bonchev–Trinajstić information content (AvgIpc) is 2.44. The molecule has 5 nitrogen and oxygen atoms in total. The van der Waals surface area contributed by atoms with E-state index in [2.05, 4.69) is 0 Å². The molecule has 0 spiro atoms. The summed E-state index contributed by atoms with van der Waals surface area (Å²) in [4.78, 5) is 0. The van der Waals surface area contributed by atoms with E-state index in [1.54, 1.807) is 14.0 Å². The standard InChI is InChI=1S/C11H20O5/c1-6-7(12)11(4)8(9(13-5)14-6)15-10(2,3)16-11/h6-9,12H,1-5H3. The third-order valence-electron chi connectivity index (χ3n) is 3.30. The lowest BCUT2D eigenvalue weighted by atomic mass is 9.86. The number of aliphatic hydroxyl groups is 1. The number of methoxy groups -OCH3 is 1. The van der Waals surface area contributed by atoms with Gasteiger partial charge in [-0.2, -0.15) is 0 Å². The molecular weight excluding hydrogens is 212 g/mol. The van der Waals surface area contributed by atoms with Crippen molar-refractivity contribution in [3.05, 3.63) is 0 Å². The molecular formula is C11H20O5. The van der Waals surface area contributed by atoms with Crippen LogP contribution in [0.5, 0.6) is 0 Å². The maximum atomic E-state index is 10.2. The highest BCUT2D eigenvalue weighted by Crippen LogP contribution is 2.44. The molecule has 1 N–H and O–H groups in total. The van der Waals surface area contributed by atoms with Crippen LogP contribution in [-0.4, -0.2) is 48.2 Å². The van der Waals surface area contributed by atoms with Crippen molar-refractivity contribution in [2.45, 2.75) is 63.7 Å². The van der Waals surface area contributed by atoms with Crippen molar-refractivity contribution < 1.29 is 24.1 Å². The molecule has 5 unspecified atom stereocenters. The smallest absolute Gasteiger partial charge is 0.186 e. The Morgan fingerprint density at radius 1 is 1.25 bits per heavy atom. The summed E-state index contributed by atoms with van der Waals surface area (Å²) in [6, 6.07) is 0. The van der Waals surface area contributed by atoms with Gasteiger partial charge in [0, 0.05) is 7.11 Å². The Morgan fingerprint density at radius 2 is 1.88 bits per heavy atom. The van der Waals surface area contributed by atoms with Gasteiger partial charge in [0.05, 0.1) is 6.10 Å². The highest BCUT2D eigenvalue weighted by Gasteiger charge is 2.62. The van der Waals surface area contributed by atoms with Crippen LogP contribution < -0.4 is 0 Å². The number of aliphatic hydroxyl groups excluding tert-OH is 1. The summed E-state index contributed by atoms with van der Waals surface area (Å²) in [7, 11) is 1.56. The van der Waals surface area contributed by atoms with E-state index in [0.29, 0.717) is 0 Å². The van der Waals surface area contributed by atoms with Crippen LogP contribution in [0.25, 0.3) is 0 Å². The van der Waals surface area contributed by atoms with Crippen molar-refractivity contribution in [1.29, 1.82) is 0 Å². The fraction of sp³-hybridized carbons (Fsp3) is 1.00. The lowest BCUT2D eigenvalue weighted by Gasteiger charge is -2.44. The summed E-state index contributed by atoms with van der Waals surface area (Å²) in [6.07, 6.45) is -2.00. The molecule has 0 aromatic carbocycles. The van der Waals surface area contributed by atoms with Crippen molar-refractivity contribution in [3.63, 3.8) is 0 Å². The van der Waals surface area contributed by atoms with Gasteiger partial charge in [0.25, 0.3) is 0 Å². The van der Waals surface area contributed by atoms with Gasteiger partial charge in [-0.15, -0.1) is 0 Å². The normalized spacial score (nSPS) is 51.4. The Hall–Kier alpha value is -0.200. The fourth-order valence-electron chi connectivity index (χ4n) is 2.59. The molecule has 0 aliphatic carbocycles. The zero-order valence-electron chi connectivity index (χ0n) is 10.4. The Balaban J connectivity index is 2.31. The molecule has 0 saturated carbocycles. The van der Waals surface area contributed by atoms with E-state index in [0.717, 1.165) is 0 Å². The first-order valence-electron chi connectivity index (χ1n) is 5.54. The molecule has 2 aliphatic rings. The van der Waals surface area contributed by atoms with Crippen LogP contribution in [0.4, 0.5) is 0 Å². The quantitative estimate of drug-likeness (QED) is 0.719. The molecule has 0 aromatic heterocycles. The number of fused-ring (bicyclic) bond motifs is 1. The second-order valence-electron chi connectivity index (χ2n) is 5.11. The average molecular weight is 232 g/mol. The van der Waals surface area contributed by atoms with Crippen LogP contribution in [-0.2, 0) is 18.9 Å². The summed E-state index contributed by atoms with van der Waals surface area (Å²) in [5.74, 6) is -0.732. The van der Waals surface area contributed by atoms with E-state index in [1.165, 1.54) is 0 Å². The Kier molecular flexibility index (Phi) is 2.79. The molecule has 0 aromatic rings. The molecule has 16 heavy (non-hydrogen) atoms. The van der Waals surface area contributed by atoms with Crippen LogP contribution in [0.15, 0.2) is 0 Å². The summed E-state index contributed by atoms with van der Waals surface area (Å²) in [6.45, 7) is 7.27. The number of hydrogen-bond donors (Lipinski definition) is 1. The van der Waals surface area contributed by atoms with Gasteiger partial charge in [0.1, 0.15) is 17.8 Å². The first kappa shape index (κ1) is 12.3. The van der Waals surface area contributed by atoms with Gasteiger partial charge in [-0.3, -0.25) is 0 Å². The van der Waals surface area contributed by atoms with Crippen molar-refractivity contribution in [2.24, 2.45) is 0 Å². The lowest BCUT2D eigenvalue weighted by molar-refractivity contribution is -0.285. The minimum Gasteiger partial charge on any atom is -0.387 e. The molecule has 94 valence electrons. The van der Waals surface area contributed by atoms with Gasteiger partial charge in [-0.1, -0.05) is 0 Å². The number of ether oxygens (including phenoxy) is 4. The zero-order valence-corrected chi connectivity index (χ0v) is 10.4. The first-order valence-corrected chi connectivity index (χ1v) is 5.54. The van der Waals surface area contributed by atoms with Gasteiger partial charge >= 0.3 is 0 Å². The topological polar surface area (TPSA) is 57.2 Å². The highest BCUT2D eigenvalue weighted by atomic mass is 16.8. The summed E-state index contributed by atoms with van der Waals surface area (Å²) in [5, 5.41) is 10.2. The van der Waals surface area contributed by atoms with E-state index in [4.69, 9.17) is 18.9 Å². The van der Waals surface area contributed by atoms with Crippen LogP contribution in [0.1, 0.15) is 27.7 Å². The van der Waals surface area contributed by atoms with Gasteiger partial charge in [0.2, 0.25) is 0 Å². The summed E-state index contributed by atoms with van der Waals surface area (Å²) >= 11 is 0. The van der Waals surface area contributed by atoms with Gasteiger partial charge in [-0.25, -0.2) is 0 Å². The molecule has 2 heterocycles. The van der Waals surface area contributed by atoms with E-state index in [9.17, 15) is 5.11 Å². The second kappa shape index (κ2) is 3.65. The van der Waals surface area contributed by atoms with Crippen LogP contribution >= 0.6 is 0 Å². The van der Waals surface area contributed by atoms with Crippen molar-refractivity contribution >= 4 is 0 Å². The summed E-state index contributed by atoms with van der Waals surface area (Å²) in [5.41, 5.74) is -0.790. The van der Waals surface area contributed by atoms with Gasteiger partial charge < -0.3 is 24.1 Å². The Morgan fingerprint density at radius 3 is 2.44 bits per heavy atom. The van der Waals surface area contributed by atoms with Crippen LogP contribution in [0.3, 0.4) is 0 Å². The third-order valence-corrected chi connectivity index (χ3v) is 3.30. The zero-order chi connectivity index (χ0) is 12.1. The Labute approximate surface area is 95.6 Å². The molecule has 2 saturated heterocycles. The van der Waals surface area contributed by atoms with Gasteiger partial charge in [0.15, 0.2) is 12.1 Å². The van der Waals surface area contributed by atoms with Crippen molar-refractivity contribution in [1.82, 2.24) is 0 Å². The van der Waals surface area contributed by atoms with Crippen molar-refractivity contribution in [2.75, 3.05) is 7.11 Å². The minimum atomic E-state index is -0.790. The van der Waals surface area contributed by atoms with Crippen molar-refractivity contribution in [3.8, 4) is 0 Å². The maximum Gasteiger partial charge on any atom is 0.186 e. The van der Waals surface area contributed by atoms with E-state index in [1.807, 2.05) is 20.8 Å². The SMILES string of the molecule is COC1OC(C)C(O)C2(C)OC(C)(C)OC12. The Bertz CT molecular complexity index is 280. The first-order chi connectivity index (χ1) is 7.30. The molecule has 2 rings (SSSR count). The molecule has 2 aliphatic heterocycles. The fourth-order valence-corrected chi connectivity index (χ4v) is 2.59. The largest absolute Gasteiger partial charge is 0.387 e. The molecule has 5 heteroatoms. The molecule has 2 fully saturated rings. The number of hydrogen-bond acceptors (Lipinski definition) is 5. The molecule has 5 atom stereocenters. The minimum absolute atomic E-state index is 0.344. The van der Waals surface area contributed by atoms with Gasteiger partial charge in [-0.05, 0) is 27.7 Å². The molecule has 0 amide bonds. The monoisotopic (exact) mass is 232 g/mol. The highest BCUT2D eigenvalue weighted by molar-refractivity contribution is 5.04. The summed E-state index contributed by atoms with van der Waals surface area (Å²) < 4.78 is 22.4. The van der Waals surface area contributed by atoms with E-state index < -0.39 is 29.9 Å². The number of rotatable bonds is 1. The molecule has 0 radical (unpaired) electrons. The van der Waals surface area contributed by atoms with Crippen LogP contribution in [0.2, 0.25) is 0 Å².